The van der Waals surface area contributed by atoms with Crippen LogP contribution < -0.4 is 0 Å². The number of benzene rings is 2. The first kappa shape index (κ1) is 13.2. The SMILES string of the molecule is Cc1cc(-c2ccccc2)n(-c2cc(Cl)ccc2Cl)n1. The smallest absolute Gasteiger partial charge is 0.0853 e. The summed E-state index contributed by atoms with van der Waals surface area (Å²) in [5.41, 5.74) is 3.79. The first-order valence-corrected chi connectivity index (χ1v) is 6.98. The zero-order chi connectivity index (χ0) is 14.1. The summed E-state index contributed by atoms with van der Waals surface area (Å²) in [6.07, 6.45) is 0. The third-order valence-electron chi connectivity index (χ3n) is 3.04. The Balaban J connectivity index is 2.22. The molecule has 0 atom stereocenters. The molecule has 1 heterocycles. The summed E-state index contributed by atoms with van der Waals surface area (Å²) in [6, 6.07) is 17.5. The molecule has 2 nitrogen and oxygen atoms in total. The Morgan fingerprint density at radius 2 is 1.70 bits per heavy atom. The van der Waals surface area contributed by atoms with E-state index in [1.165, 1.54) is 0 Å². The number of hydrogen-bond acceptors (Lipinski definition) is 1. The average molecular weight is 303 g/mol. The van der Waals surface area contributed by atoms with E-state index in [2.05, 4.69) is 5.10 Å². The van der Waals surface area contributed by atoms with E-state index in [1.54, 1.807) is 12.1 Å². The molecule has 0 bridgehead atoms. The largest absolute Gasteiger partial charge is 0.231 e. The fourth-order valence-electron chi connectivity index (χ4n) is 2.15. The van der Waals surface area contributed by atoms with Crippen molar-refractivity contribution in [3.63, 3.8) is 0 Å². The lowest BCUT2D eigenvalue weighted by Crippen LogP contribution is -2.00. The van der Waals surface area contributed by atoms with Crippen LogP contribution in [0.5, 0.6) is 0 Å². The molecule has 0 aliphatic rings. The van der Waals surface area contributed by atoms with Crippen LogP contribution in [0.3, 0.4) is 0 Å². The second-order valence-electron chi connectivity index (χ2n) is 4.54. The highest BCUT2D eigenvalue weighted by Crippen LogP contribution is 2.29. The Kier molecular flexibility index (Phi) is 3.51. The Labute approximate surface area is 127 Å². The monoisotopic (exact) mass is 302 g/mol. The van der Waals surface area contributed by atoms with Crippen molar-refractivity contribution in [2.24, 2.45) is 0 Å². The molecule has 0 spiro atoms. The molecule has 4 heteroatoms. The van der Waals surface area contributed by atoms with E-state index < -0.39 is 0 Å². The molecule has 0 radical (unpaired) electrons. The van der Waals surface area contributed by atoms with Gasteiger partial charge in [0.15, 0.2) is 0 Å². The van der Waals surface area contributed by atoms with Crippen molar-refractivity contribution < 1.29 is 0 Å². The number of rotatable bonds is 2. The van der Waals surface area contributed by atoms with Gasteiger partial charge in [-0.05, 0) is 31.2 Å². The van der Waals surface area contributed by atoms with Crippen LogP contribution in [0.1, 0.15) is 5.69 Å². The second kappa shape index (κ2) is 5.31. The first-order chi connectivity index (χ1) is 9.65. The Hall–Kier alpha value is -1.77. The molecular weight excluding hydrogens is 291 g/mol. The van der Waals surface area contributed by atoms with Gasteiger partial charge in [0.25, 0.3) is 0 Å². The highest BCUT2D eigenvalue weighted by Gasteiger charge is 2.12. The summed E-state index contributed by atoms with van der Waals surface area (Å²) in [7, 11) is 0. The van der Waals surface area contributed by atoms with Crippen LogP contribution in [-0.2, 0) is 0 Å². The van der Waals surface area contributed by atoms with Gasteiger partial charge in [-0.1, -0.05) is 53.5 Å². The van der Waals surface area contributed by atoms with Crippen molar-refractivity contribution in [1.29, 1.82) is 0 Å². The van der Waals surface area contributed by atoms with E-state index in [4.69, 9.17) is 23.2 Å². The Bertz CT molecular complexity index is 748. The maximum atomic E-state index is 6.28. The Morgan fingerprint density at radius 3 is 2.45 bits per heavy atom. The Morgan fingerprint density at radius 1 is 0.950 bits per heavy atom. The van der Waals surface area contributed by atoms with Gasteiger partial charge in [0.05, 0.1) is 22.1 Å². The lowest BCUT2D eigenvalue weighted by atomic mass is 10.1. The third kappa shape index (κ3) is 2.45. The van der Waals surface area contributed by atoms with E-state index in [0.29, 0.717) is 10.0 Å². The first-order valence-electron chi connectivity index (χ1n) is 6.22. The van der Waals surface area contributed by atoms with Crippen molar-refractivity contribution in [2.75, 3.05) is 0 Å². The molecule has 3 aromatic rings. The lowest BCUT2D eigenvalue weighted by Gasteiger charge is -2.09. The summed E-state index contributed by atoms with van der Waals surface area (Å²) in [4.78, 5) is 0. The lowest BCUT2D eigenvalue weighted by molar-refractivity contribution is 0.869. The molecule has 2 aromatic carbocycles. The van der Waals surface area contributed by atoms with E-state index in [-0.39, 0.29) is 0 Å². The topological polar surface area (TPSA) is 17.8 Å². The maximum Gasteiger partial charge on any atom is 0.0853 e. The van der Waals surface area contributed by atoms with E-state index >= 15 is 0 Å². The van der Waals surface area contributed by atoms with Crippen LogP contribution in [0, 0.1) is 6.92 Å². The van der Waals surface area contributed by atoms with Crippen LogP contribution in [0.25, 0.3) is 16.9 Å². The molecule has 0 saturated carbocycles. The normalized spacial score (nSPS) is 10.8. The quantitative estimate of drug-likeness (QED) is 0.640. The van der Waals surface area contributed by atoms with Crippen molar-refractivity contribution in [3.05, 3.63) is 70.3 Å². The van der Waals surface area contributed by atoms with Gasteiger partial charge in [0, 0.05) is 10.6 Å². The number of nitrogens with zero attached hydrogens (tertiary/aromatic N) is 2. The molecule has 3 rings (SSSR count). The molecule has 1 aromatic heterocycles. The van der Waals surface area contributed by atoms with Crippen molar-refractivity contribution >= 4 is 23.2 Å². The summed E-state index contributed by atoms with van der Waals surface area (Å²) < 4.78 is 1.83. The summed E-state index contributed by atoms with van der Waals surface area (Å²) in [6.45, 7) is 1.96. The maximum absolute atomic E-state index is 6.28. The summed E-state index contributed by atoms with van der Waals surface area (Å²) in [5.74, 6) is 0. The number of aryl methyl sites for hydroxylation is 1. The molecule has 100 valence electrons. The van der Waals surface area contributed by atoms with Crippen molar-refractivity contribution in [3.8, 4) is 16.9 Å². The van der Waals surface area contributed by atoms with Crippen LogP contribution >= 0.6 is 23.2 Å². The number of halogens is 2. The molecule has 0 amide bonds. The van der Waals surface area contributed by atoms with Crippen molar-refractivity contribution in [2.45, 2.75) is 6.92 Å². The molecule has 0 N–H and O–H groups in total. The van der Waals surface area contributed by atoms with Gasteiger partial charge in [-0.15, -0.1) is 0 Å². The third-order valence-corrected chi connectivity index (χ3v) is 3.59. The molecule has 0 saturated heterocycles. The molecular formula is C16H12Cl2N2. The molecule has 0 fully saturated rings. The fraction of sp³-hybridized carbons (Fsp3) is 0.0625. The zero-order valence-electron chi connectivity index (χ0n) is 10.8. The van der Waals surface area contributed by atoms with Gasteiger partial charge in [0.2, 0.25) is 0 Å². The molecule has 20 heavy (non-hydrogen) atoms. The highest BCUT2D eigenvalue weighted by molar-refractivity contribution is 6.34. The average Bonchev–Trinajstić information content (AvgIpc) is 2.84. The van der Waals surface area contributed by atoms with E-state index in [0.717, 1.165) is 22.6 Å². The van der Waals surface area contributed by atoms with E-state index in [9.17, 15) is 0 Å². The minimum absolute atomic E-state index is 0.620. The minimum atomic E-state index is 0.620. The highest BCUT2D eigenvalue weighted by atomic mass is 35.5. The van der Waals surface area contributed by atoms with Crippen LogP contribution in [-0.4, -0.2) is 9.78 Å². The van der Waals surface area contributed by atoms with Crippen LogP contribution in [0.2, 0.25) is 10.0 Å². The van der Waals surface area contributed by atoms with Crippen molar-refractivity contribution in [1.82, 2.24) is 9.78 Å². The second-order valence-corrected chi connectivity index (χ2v) is 5.39. The summed E-state index contributed by atoms with van der Waals surface area (Å²) in [5, 5.41) is 5.79. The van der Waals surface area contributed by atoms with Gasteiger partial charge < -0.3 is 0 Å². The predicted octanol–water partition coefficient (Wildman–Crippen LogP) is 5.15. The van der Waals surface area contributed by atoms with Gasteiger partial charge in [-0.3, -0.25) is 0 Å². The van der Waals surface area contributed by atoms with Gasteiger partial charge in [-0.2, -0.15) is 5.10 Å². The molecule has 0 unspecified atom stereocenters. The van der Waals surface area contributed by atoms with Crippen LogP contribution in [0.4, 0.5) is 0 Å². The number of hydrogen-bond donors (Lipinski definition) is 0. The van der Waals surface area contributed by atoms with Crippen LogP contribution in [0.15, 0.2) is 54.6 Å². The molecule has 0 aliphatic heterocycles. The van der Waals surface area contributed by atoms with Gasteiger partial charge in [-0.25, -0.2) is 4.68 Å². The fourth-order valence-corrected chi connectivity index (χ4v) is 2.51. The van der Waals surface area contributed by atoms with Gasteiger partial charge in [0.1, 0.15) is 0 Å². The minimum Gasteiger partial charge on any atom is -0.231 e. The molecule has 0 aliphatic carbocycles. The predicted molar refractivity (Wildman–Crippen MR) is 83.8 cm³/mol. The summed E-state index contributed by atoms with van der Waals surface area (Å²) >= 11 is 12.4. The zero-order valence-corrected chi connectivity index (χ0v) is 12.4. The van der Waals surface area contributed by atoms with Gasteiger partial charge >= 0.3 is 0 Å². The number of aromatic nitrogens is 2. The standard InChI is InChI=1S/C16H12Cl2N2/c1-11-9-15(12-5-3-2-4-6-12)20(19-11)16-10-13(17)7-8-14(16)18/h2-10H,1H3. The van der Waals surface area contributed by atoms with E-state index in [1.807, 2.05) is 54.1 Å².